The Morgan fingerprint density at radius 1 is 1.30 bits per heavy atom. The largest absolute Gasteiger partial charge is 0.466 e. The fourth-order valence-corrected chi connectivity index (χ4v) is 2.87. The van der Waals surface area contributed by atoms with Gasteiger partial charge in [0.1, 0.15) is 5.60 Å². The fourth-order valence-electron chi connectivity index (χ4n) is 2.87. The van der Waals surface area contributed by atoms with E-state index in [-0.39, 0.29) is 29.9 Å². The second kappa shape index (κ2) is 5.60. The maximum Gasteiger partial charge on any atom is 0.410 e. The highest BCUT2D eigenvalue weighted by Gasteiger charge is 2.48. The third-order valence-corrected chi connectivity index (χ3v) is 3.72. The Kier molecular flexibility index (Phi) is 4.22. The van der Waals surface area contributed by atoms with Crippen LogP contribution in [0.1, 0.15) is 27.7 Å². The molecule has 2 heterocycles. The highest BCUT2D eigenvalue weighted by molar-refractivity contribution is 5.74. The van der Waals surface area contributed by atoms with E-state index >= 15 is 0 Å². The van der Waals surface area contributed by atoms with Crippen molar-refractivity contribution in [2.45, 2.75) is 39.3 Å². The quantitative estimate of drug-likeness (QED) is 0.766. The Labute approximate surface area is 119 Å². The summed E-state index contributed by atoms with van der Waals surface area (Å²) in [7, 11) is 0. The summed E-state index contributed by atoms with van der Waals surface area (Å²) in [6, 6.07) is 0.164. The molecule has 2 aliphatic rings. The van der Waals surface area contributed by atoms with Crippen molar-refractivity contribution in [2.24, 2.45) is 11.8 Å². The number of nitrogens with one attached hydrogen (secondary N) is 1. The lowest BCUT2D eigenvalue weighted by Crippen LogP contribution is -2.38. The minimum Gasteiger partial charge on any atom is -0.466 e. The minimum atomic E-state index is -0.497. The molecule has 0 saturated carbocycles. The van der Waals surface area contributed by atoms with Gasteiger partial charge in [-0.05, 0) is 27.7 Å². The van der Waals surface area contributed by atoms with E-state index in [1.54, 1.807) is 11.8 Å². The first-order valence-electron chi connectivity index (χ1n) is 7.19. The molecule has 20 heavy (non-hydrogen) atoms. The number of hydrogen-bond acceptors (Lipinski definition) is 5. The van der Waals surface area contributed by atoms with E-state index in [0.717, 1.165) is 0 Å². The smallest absolute Gasteiger partial charge is 0.410 e. The summed E-state index contributed by atoms with van der Waals surface area (Å²) in [6.45, 7) is 9.52. The molecular formula is C14H24N2O4. The molecule has 2 rings (SSSR count). The number of nitrogens with zero attached hydrogens (tertiary/aromatic N) is 1. The van der Waals surface area contributed by atoms with E-state index in [9.17, 15) is 9.59 Å². The number of likely N-dealkylation sites (tertiary alicyclic amines) is 1. The summed E-state index contributed by atoms with van der Waals surface area (Å²) >= 11 is 0. The monoisotopic (exact) mass is 284 g/mol. The van der Waals surface area contributed by atoms with Gasteiger partial charge in [-0.15, -0.1) is 0 Å². The van der Waals surface area contributed by atoms with Gasteiger partial charge >= 0.3 is 12.1 Å². The summed E-state index contributed by atoms with van der Waals surface area (Å²) in [4.78, 5) is 25.6. The highest BCUT2D eigenvalue weighted by atomic mass is 16.6. The maximum atomic E-state index is 12.1. The first-order chi connectivity index (χ1) is 9.31. The predicted molar refractivity (Wildman–Crippen MR) is 73.2 cm³/mol. The molecule has 1 N–H and O–H groups in total. The summed E-state index contributed by atoms with van der Waals surface area (Å²) < 4.78 is 10.5. The number of rotatable bonds is 2. The van der Waals surface area contributed by atoms with Gasteiger partial charge in [-0.2, -0.15) is 0 Å². The Morgan fingerprint density at radius 2 is 2.00 bits per heavy atom. The van der Waals surface area contributed by atoms with Crippen LogP contribution < -0.4 is 5.32 Å². The lowest BCUT2D eigenvalue weighted by atomic mass is 9.93. The van der Waals surface area contributed by atoms with Crippen LogP contribution in [0.3, 0.4) is 0 Å². The topological polar surface area (TPSA) is 67.9 Å². The van der Waals surface area contributed by atoms with Crippen LogP contribution in [0.15, 0.2) is 0 Å². The molecule has 3 unspecified atom stereocenters. The number of hydrogen-bond donors (Lipinski definition) is 1. The van der Waals surface area contributed by atoms with Gasteiger partial charge in [0.2, 0.25) is 0 Å². The van der Waals surface area contributed by atoms with Crippen molar-refractivity contribution in [1.29, 1.82) is 0 Å². The summed E-state index contributed by atoms with van der Waals surface area (Å²) in [6.07, 6.45) is -0.309. The van der Waals surface area contributed by atoms with Crippen molar-refractivity contribution in [1.82, 2.24) is 10.2 Å². The molecule has 0 aromatic rings. The Morgan fingerprint density at radius 3 is 2.60 bits per heavy atom. The van der Waals surface area contributed by atoms with Gasteiger partial charge in [0.25, 0.3) is 0 Å². The molecule has 114 valence electrons. The number of amides is 1. The normalized spacial score (nSPS) is 29.2. The van der Waals surface area contributed by atoms with Crippen molar-refractivity contribution in [3.63, 3.8) is 0 Å². The molecule has 6 heteroatoms. The number of fused-ring (bicyclic) bond motifs is 1. The van der Waals surface area contributed by atoms with Crippen LogP contribution in [0.25, 0.3) is 0 Å². The molecule has 2 fully saturated rings. The van der Waals surface area contributed by atoms with Crippen molar-refractivity contribution < 1.29 is 19.1 Å². The zero-order valence-electron chi connectivity index (χ0n) is 12.6. The van der Waals surface area contributed by atoms with E-state index in [1.807, 2.05) is 20.8 Å². The number of carbonyl (C=O) groups excluding carboxylic acids is 2. The Hall–Kier alpha value is -1.30. The average Bonchev–Trinajstić information content (AvgIpc) is 2.85. The Balaban J connectivity index is 1.95. The highest BCUT2D eigenvalue weighted by Crippen LogP contribution is 2.31. The van der Waals surface area contributed by atoms with Gasteiger partial charge in [-0.1, -0.05) is 0 Å². The predicted octanol–water partition coefficient (Wildman–Crippen LogP) is 1.00. The lowest BCUT2D eigenvalue weighted by molar-refractivity contribution is -0.148. The van der Waals surface area contributed by atoms with Crippen LogP contribution in [0, 0.1) is 11.8 Å². The summed E-state index contributed by atoms with van der Waals surface area (Å²) in [5.41, 5.74) is -0.497. The van der Waals surface area contributed by atoms with Gasteiger partial charge < -0.3 is 19.7 Å². The number of ether oxygens (including phenoxy) is 2. The molecule has 3 atom stereocenters. The number of esters is 1. The van der Waals surface area contributed by atoms with Gasteiger partial charge in [-0.3, -0.25) is 4.79 Å². The minimum absolute atomic E-state index is 0.126. The third kappa shape index (κ3) is 3.23. The first-order valence-corrected chi connectivity index (χ1v) is 7.19. The van der Waals surface area contributed by atoms with Crippen LogP contribution in [-0.4, -0.2) is 54.8 Å². The molecule has 0 aromatic heterocycles. The fraction of sp³-hybridized carbons (Fsp3) is 0.857. The zero-order chi connectivity index (χ0) is 14.9. The van der Waals surface area contributed by atoms with E-state index in [0.29, 0.717) is 26.2 Å². The molecule has 0 spiro atoms. The second-order valence-electron chi connectivity index (χ2n) is 6.42. The van der Waals surface area contributed by atoms with Crippen molar-refractivity contribution in [3.8, 4) is 0 Å². The van der Waals surface area contributed by atoms with Gasteiger partial charge in [0, 0.05) is 31.6 Å². The molecule has 2 aliphatic heterocycles. The van der Waals surface area contributed by atoms with Crippen molar-refractivity contribution in [3.05, 3.63) is 0 Å². The van der Waals surface area contributed by atoms with Crippen molar-refractivity contribution >= 4 is 12.1 Å². The second-order valence-corrected chi connectivity index (χ2v) is 6.42. The SMILES string of the molecule is CCOC(=O)C1CNC2CN(C(=O)OC(C)(C)C)CC21. The molecular weight excluding hydrogens is 260 g/mol. The summed E-state index contributed by atoms with van der Waals surface area (Å²) in [5, 5.41) is 3.31. The standard InChI is InChI=1S/C14H24N2O4/c1-5-19-12(17)9-6-15-11-8-16(7-10(9)11)13(18)20-14(2,3)4/h9-11,15H,5-8H2,1-4H3. The van der Waals surface area contributed by atoms with Crippen LogP contribution in [0.4, 0.5) is 4.79 Å². The molecule has 0 bridgehead atoms. The van der Waals surface area contributed by atoms with E-state index in [4.69, 9.17) is 9.47 Å². The van der Waals surface area contributed by atoms with Crippen LogP contribution in [-0.2, 0) is 14.3 Å². The van der Waals surface area contributed by atoms with Gasteiger partial charge in [0.15, 0.2) is 0 Å². The zero-order valence-corrected chi connectivity index (χ0v) is 12.6. The molecule has 6 nitrogen and oxygen atoms in total. The lowest BCUT2D eigenvalue weighted by Gasteiger charge is -2.25. The summed E-state index contributed by atoms with van der Waals surface area (Å²) in [5.74, 6) is -0.201. The van der Waals surface area contributed by atoms with Crippen LogP contribution in [0.2, 0.25) is 0 Å². The van der Waals surface area contributed by atoms with Gasteiger partial charge in [-0.25, -0.2) is 4.79 Å². The number of carbonyl (C=O) groups is 2. The molecule has 0 radical (unpaired) electrons. The Bertz CT molecular complexity index is 391. The van der Waals surface area contributed by atoms with E-state index < -0.39 is 5.60 Å². The van der Waals surface area contributed by atoms with Crippen molar-refractivity contribution in [2.75, 3.05) is 26.2 Å². The van der Waals surface area contributed by atoms with Crippen LogP contribution in [0.5, 0.6) is 0 Å². The van der Waals surface area contributed by atoms with E-state index in [1.165, 1.54) is 0 Å². The molecule has 0 aliphatic carbocycles. The molecule has 2 saturated heterocycles. The van der Waals surface area contributed by atoms with Crippen LogP contribution >= 0.6 is 0 Å². The molecule has 0 aromatic carbocycles. The van der Waals surface area contributed by atoms with Gasteiger partial charge in [0.05, 0.1) is 12.5 Å². The average molecular weight is 284 g/mol. The molecule has 1 amide bonds. The maximum absolute atomic E-state index is 12.1. The first kappa shape index (κ1) is 15.1. The third-order valence-electron chi connectivity index (χ3n) is 3.72. The van der Waals surface area contributed by atoms with E-state index in [2.05, 4.69) is 5.32 Å².